The molecule has 0 spiro atoms. The molecule has 4 aromatic rings. The van der Waals surface area contributed by atoms with E-state index in [1.165, 1.54) is 16.3 Å². The summed E-state index contributed by atoms with van der Waals surface area (Å²) in [5.41, 5.74) is 3.28. The van der Waals surface area contributed by atoms with Crippen molar-refractivity contribution in [2.75, 3.05) is 5.32 Å². The van der Waals surface area contributed by atoms with Gasteiger partial charge in [-0.05, 0) is 47.0 Å². The summed E-state index contributed by atoms with van der Waals surface area (Å²) in [5, 5.41) is 6.94. The maximum atomic E-state index is 4.44. The van der Waals surface area contributed by atoms with Crippen LogP contribution in [0.2, 0.25) is 0 Å². The van der Waals surface area contributed by atoms with E-state index in [1.807, 2.05) is 0 Å². The molecule has 0 atom stereocenters. The van der Waals surface area contributed by atoms with E-state index in [9.17, 15) is 0 Å². The molecule has 0 radical (unpaired) electrons. The van der Waals surface area contributed by atoms with E-state index in [0.717, 1.165) is 28.8 Å². The van der Waals surface area contributed by atoms with E-state index in [0.29, 0.717) is 0 Å². The Labute approximate surface area is 135 Å². The summed E-state index contributed by atoms with van der Waals surface area (Å²) in [6, 6.07) is 21.0. The summed E-state index contributed by atoms with van der Waals surface area (Å²) in [5.74, 6) is 0.848. The van der Waals surface area contributed by atoms with Gasteiger partial charge in [0.2, 0.25) is 0 Å². The van der Waals surface area contributed by atoms with Crippen molar-refractivity contribution in [1.82, 2.24) is 9.97 Å². The van der Waals surface area contributed by atoms with Gasteiger partial charge in [-0.1, -0.05) is 43.3 Å². The molecule has 0 saturated carbocycles. The standard InChI is InChI=1S/C20H17N3/c1-2-14-7-10-19-18(11-14)20(22-13-21-19)23-17-9-8-15-5-3-4-6-16(15)12-17/h3-13H,2H2,1H3,(H,21,22,23). The second-order valence-corrected chi connectivity index (χ2v) is 5.61. The summed E-state index contributed by atoms with van der Waals surface area (Å²) in [4.78, 5) is 8.79. The number of fused-ring (bicyclic) bond motifs is 2. The molecule has 0 aliphatic carbocycles. The quantitative estimate of drug-likeness (QED) is 0.572. The zero-order valence-electron chi connectivity index (χ0n) is 13.0. The number of hydrogen-bond acceptors (Lipinski definition) is 3. The van der Waals surface area contributed by atoms with Crippen LogP contribution in [0.3, 0.4) is 0 Å². The van der Waals surface area contributed by atoms with Crippen LogP contribution < -0.4 is 5.32 Å². The number of hydrogen-bond donors (Lipinski definition) is 1. The van der Waals surface area contributed by atoms with Gasteiger partial charge in [0.25, 0.3) is 0 Å². The van der Waals surface area contributed by atoms with E-state index < -0.39 is 0 Å². The molecule has 3 aromatic carbocycles. The average Bonchev–Trinajstić information content (AvgIpc) is 2.61. The fraction of sp³-hybridized carbons (Fsp3) is 0.100. The van der Waals surface area contributed by atoms with E-state index in [1.54, 1.807) is 6.33 Å². The number of anilines is 2. The van der Waals surface area contributed by atoms with E-state index in [-0.39, 0.29) is 0 Å². The molecule has 3 nitrogen and oxygen atoms in total. The molecule has 23 heavy (non-hydrogen) atoms. The van der Waals surface area contributed by atoms with Crippen molar-refractivity contribution in [3.05, 3.63) is 72.6 Å². The number of benzene rings is 3. The SMILES string of the molecule is CCc1ccc2ncnc(Nc3ccc4ccccc4c3)c2c1. The molecule has 4 rings (SSSR count). The number of nitrogens with zero attached hydrogens (tertiary/aromatic N) is 2. The van der Waals surface area contributed by atoms with Crippen LogP contribution in [0.15, 0.2) is 67.0 Å². The minimum Gasteiger partial charge on any atom is -0.340 e. The molecule has 0 saturated heterocycles. The minimum absolute atomic E-state index is 0.848. The largest absolute Gasteiger partial charge is 0.340 e. The van der Waals surface area contributed by atoms with Crippen molar-refractivity contribution in [3.8, 4) is 0 Å². The summed E-state index contributed by atoms with van der Waals surface area (Å²) >= 11 is 0. The average molecular weight is 299 g/mol. The van der Waals surface area contributed by atoms with E-state index in [2.05, 4.69) is 82.9 Å². The van der Waals surface area contributed by atoms with Crippen LogP contribution in [-0.4, -0.2) is 9.97 Å². The van der Waals surface area contributed by atoms with Gasteiger partial charge in [-0.3, -0.25) is 0 Å². The molecule has 1 N–H and O–H groups in total. The maximum Gasteiger partial charge on any atom is 0.141 e. The van der Waals surface area contributed by atoms with Gasteiger partial charge in [0.15, 0.2) is 0 Å². The third-order valence-electron chi connectivity index (χ3n) is 4.12. The predicted molar refractivity (Wildman–Crippen MR) is 96.1 cm³/mol. The number of rotatable bonds is 3. The second kappa shape index (κ2) is 5.69. The zero-order valence-corrected chi connectivity index (χ0v) is 13.0. The van der Waals surface area contributed by atoms with E-state index in [4.69, 9.17) is 0 Å². The highest BCUT2D eigenvalue weighted by atomic mass is 15.0. The zero-order chi connectivity index (χ0) is 15.6. The highest BCUT2D eigenvalue weighted by Crippen LogP contribution is 2.26. The van der Waals surface area contributed by atoms with Crippen LogP contribution in [0.1, 0.15) is 12.5 Å². The number of aromatic nitrogens is 2. The third kappa shape index (κ3) is 2.61. The second-order valence-electron chi connectivity index (χ2n) is 5.61. The Morgan fingerprint density at radius 1 is 0.870 bits per heavy atom. The van der Waals surface area contributed by atoms with Gasteiger partial charge in [-0.15, -0.1) is 0 Å². The number of aryl methyl sites for hydroxylation is 1. The lowest BCUT2D eigenvalue weighted by Gasteiger charge is -2.10. The van der Waals surface area contributed by atoms with Gasteiger partial charge < -0.3 is 5.32 Å². The van der Waals surface area contributed by atoms with Crippen LogP contribution in [0.5, 0.6) is 0 Å². The van der Waals surface area contributed by atoms with Crippen LogP contribution in [0.4, 0.5) is 11.5 Å². The highest BCUT2D eigenvalue weighted by molar-refractivity contribution is 5.92. The molecule has 0 amide bonds. The smallest absolute Gasteiger partial charge is 0.141 e. The molecule has 0 aliphatic heterocycles. The molecule has 0 aliphatic rings. The third-order valence-corrected chi connectivity index (χ3v) is 4.12. The molecule has 112 valence electrons. The molecule has 0 unspecified atom stereocenters. The summed E-state index contributed by atoms with van der Waals surface area (Å²) in [7, 11) is 0. The monoisotopic (exact) mass is 299 g/mol. The lowest BCUT2D eigenvalue weighted by atomic mass is 10.1. The van der Waals surface area contributed by atoms with Gasteiger partial charge in [0.1, 0.15) is 12.1 Å². The van der Waals surface area contributed by atoms with Crippen molar-refractivity contribution in [2.24, 2.45) is 0 Å². The minimum atomic E-state index is 0.848. The van der Waals surface area contributed by atoms with Crippen LogP contribution >= 0.6 is 0 Å². The topological polar surface area (TPSA) is 37.8 Å². The summed E-state index contributed by atoms with van der Waals surface area (Å²) < 4.78 is 0. The van der Waals surface area contributed by atoms with Gasteiger partial charge >= 0.3 is 0 Å². The first-order valence-electron chi connectivity index (χ1n) is 7.83. The molecular weight excluding hydrogens is 282 g/mol. The normalized spacial score (nSPS) is 11.0. The Morgan fingerprint density at radius 3 is 2.61 bits per heavy atom. The highest BCUT2D eigenvalue weighted by Gasteiger charge is 2.05. The Balaban J connectivity index is 1.78. The van der Waals surface area contributed by atoms with Crippen molar-refractivity contribution in [2.45, 2.75) is 13.3 Å². The first-order valence-corrected chi connectivity index (χ1v) is 7.83. The summed E-state index contributed by atoms with van der Waals surface area (Å²) in [6.07, 6.45) is 2.61. The Kier molecular flexibility index (Phi) is 3.39. The molecule has 0 bridgehead atoms. The van der Waals surface area contributed by atoms with Crippen LogP contribution in [-0.2, 0) is 6.42 Å². The first kappa shape index (κ1) is 13.7. The molecular formula is C20H17N3. The Hall–Kier alpha value is -2.94. The molecule has 0 fully saturated rings. The molecule has 1 aromatic heterocycles. The van der Waals surface area contributed by atoms with E-state index >= 15 is 0 Å². The summed E-state index contributed by atoms with van der Waals surface area (Å²) in [6.45, 7) is 2.15. The maximum absolute atomic E-state index is 4.44. The van der Waals surface area contributed by atoms with Crippen molar-refractivity contribution >= 4 is 33.2 Å². The lowest BCUT2D eigenvalue weighted by molar-refractivity contribution is 1.14. The predicted octanol–water partition coefficient (Wildman–Crippen LogP) is 5.09. The molecule has 3 heteroatoms. The number of nitrogens with one attached hydrogen (secondary N) is 1. The molecule has 1 heterocycles. The van der Waals surface area contributed by atoms with Gasteiger partial charge in [0, 0.05) is 11.1 Å². The van der Waals surface area contributed by atoms with Crippen LogP contribution in [0.25, 0.3) is 21.7 Å². The van der Waals surface area contributed by atoms with Gasteiger partial charge in [-0.25, -0.2) is 9.97 Å². The lowest BCUT2D eigenvalue weighted by Crippen LogP contribution is -1.96. The fourth-order valence-corrected chi connectivity index (χ4v) is 2.83. The van der Waals surface area contributed by atoms with Crippen molar-refractivity contribution in [1.29, 1.82) is 0 Å². The van der Waals surface area contributed by atoms with Gasteiger partial charge in [-0.2, -0.15) is 0 Å². The van der Waals surface area contributed by atoms with Crippen molar-refractivity contribution in [3.63, 3.8) is 0 Å². The van der Waals surface area contributed by atoms with Crippen molar-refractivity contribution < 1.29 is 0 Å². The van der Waals surface area contributed by atoms with Gasteiger partial charge in [0.05, 0.1) is 5.52 Å². The fourth-order valence-electron chi connectivity index (χ4n) is 2.83. The first-order chi connectivity index (χ1) is 11.3. The Bertz CT molecular complexity index is 992. The van der Waals surface area contributed by atoms with Crippen LogP contribution in [0, 0.1) is 0 Å². The Morgan fingerprint density at radius 2 is 1.74 bits per heavy atom.